The van der Waals surface area contributed by atoms with Crippen molar-refractivity contribution in [3.8, 4) is 0 Å². The Bertz CT molecular complexity index is 1370. The number of ether oxygens (including phenoxy) is 2. The van der Waals surface area contributed by atoms with Crippen LogP contribution in [0.5, 0.6) is 0 Å². The van der Waals surface area contributed by atoms with Crippen molar-refractivity contribution < 1.29 is 47.2 Å². The summed E-state index contributed by atoms with van der Waals surface area (Å²) < 4.78 is 34.2. The van der Waals surface area contributed by atoms with Crippen molar-refractivity contribution in [1.82, 2.24) is 0 Å². The number of carbonyl (C=O) groups excluding carboxylic acids is 2. The molecular formula is C50H85NO9P+. The average molecular weight is 875 g/mol. The van der Waals surface area contributed by atoms with Gasteiger partial charge in [0.15, 0.2) is 6.10 Å². The van der Waals surface area contributed by atoms with Gasteiger partial charge in [-0.15, -0.1) is 0 Å². The Morgan fingerprint density at radius 3 is 1.77 bits per heavy atom. The number of phosphoric ester groups is 1. The molecule has 2 unspecified atom stereocenters. The molecule has 0 fully saturated rings. The number of rotatable bonds is 40. The molecule has 348 valence electrons. The molecule has 0 heterocycles. The second-order valence-electron chi connectivity index (χ2n) is 16.2. The van der Waals surface area contributed by atoms with E-state index in [1.165, 1.54) is 44.9 Å². The van der Waals surface area contributed by atoms with Crippen molar-refractivity contribution in [3.63, 3.8) is 0 Å². The van der Waals surface area contributed by atoms with E-state index < -0.39 is 38.6 Å². The van der Waals surface area contributed by atoms with Crippen LogP contribution in [0.1, 0.15) is 149 Å². The summed E-state index contributed by atoms with van der Waals surface area (Å²) in [7, 11) is 1.39. The summed E-state index contributed by atoms with van der Waals surface area (Å²) in [6.45, 7) is 4.06. The molecule has 0 saturated carbocycles. The SMILES string of the molecule is CC/C=C\CC(O)/C=C/C=C/C/C=C\C/C=C\C/C=C\CCC(=O)OC[C@H](COP(=O)(O)OCC[N+](C)(C)C)OC(=O)CCCCCCCCC/C=C\C/C=C\CCCCC. The first-order valence-corrected chi connectivity index (χ1v) is 24.6. The quantitative estimate of drug-likeness (QED) is 0.0154. The minimum atomic E-state index is -4.41. The van der Waals surface area contributed by atoms with Crippen LogP contribution in [0.15, 0.2) is 97.2 Å². The fraction of sp³-hybridized carbons (Fsp3) is 0.640. The largest absolute Gasteiger partial charge is 0.472 e. The van der Waals surface area contributed by atoms with E-state index in [1.54, 1.807) is 6.08 Å². The highest BCUT2D eigenvalue weighted by atomic mass is 31.2. The third-order valence-electron chi connectivity index (χ3n) is 9.19. The summed E-state index contributed by atoms with van der Waals surface area (Å²) in [4.78, 5) is 35.4. The molecule has 0 radical (unpaired) electrons. The number of quaternary nitrogens is 1. The number of aliphatic hydroxyl groups is 1. The standard InChI is InChI=1S/C50H84NO9P/c1-6-8-10-11-12-13-14-15-16-17-18-21-25-28-31-34-38-42-50(54)60-48(46-59-61(55,56)58-44-43-51(3,4)5)45-57-49(53)41-37-33-30-27-24-22-19-20-23-26-29-32-36-40-47(52)39-35-9-7-2/h9,12-13,15-16,20,22-24,29-30,32-33,35-36,40,47-48,52H,6-8,10-11,14,17-19,21,25-28,31,34,37-39,41-46H2,1-5H3/p+1/b13-12-,16-15-,23-20-,24-22-,32-29+,33-30-,35-9-,40-36+/t47?,48-/m1/s1. The molecule has 0 aliphatic carbocycles. The second kappa shape index (κ2) is 40.9. The first-order valence-electron chi connectivity index (χ1n) is 23.1. The molecule has 10 nitrogen and oxygen atoms in total. The smallest absolute Gasteiger partial charge is 0.462 e. The molecule has 0 aromatic heterocycles. The lowest BCUT2D eigenvalue weighted by Crippen LogP contribution is -2.37. The van der Waals surface area contributed by atoms with Crippen LogP contribution in [-0.2, 0) is 32.7 Å². The molecular weight excluding hydrogens is 790 g/mol. The Labute approximate surface area is 371 Å². The number of nitrogens with zero attached hydrogens (tertiary/aromatic N) is 1. The summed E-state index contributed by atoms with van der Waals surface area (Å²) in [5.74, 6) is -0.936. The van der Waals surface area contributed by atoms with Gasteiger partial charge >= 0.3 is 19.8 Å². The Balaban J connectivity index is 4.52. The number of carbonyl (C=O) groups is 2. The van der Waals surface area contributed by atoms with E-state index in [1.807, 2.05) is 57.6 Å². The second-order valence-corrected chi connectivity index (χ2v) is 17.7. The normalized spacial score (nSPS) is 14.9. The van der Waals surface area contributed by atoms with Gasteiger partial charge in [0.1, 0.15) is 19.8 Å². The number of phosphoric acid groups is 1. The Morgan fingerprint density at radius 1 is 0.607 bits per heavy atom. The van der Waals surface area contributed by atoms with E-state index in [4.69, 9.17) is 18.5 Å². The Kier molecular flexibility index (Phi) is 38.8. The van der Waals surface area contributed by atoms with Gasteiger partial charge in [-0.2, -0.15) is 0 Å². The van der Waals surface area contributed by atoms with Crippen molar-refractivity contribution in [2.75, 3.05) is 47.5 Å². The van der Waals surface area contributed by atoms with Gasteiger partial charge < -0.3 is 24.0 Å². The molecule has 3 atom stereocenters. The molecule has 61 heavy (non-hydrogen) atoms. The van der Waals surface area contributed by atoms with Gasteiger partial charge in [-0.25, -0.2) is 4.57 Å². The molecule has 0 spiro atoms. The van der Waals surface area contributed by atoms with Crippen LogP contribution in [0, 0.1) is 0 Å². The zero-order chi connectivity index (χ0) is 45.1. The van der Waals surface area contributed by atoms with Crippen LogP contribution in [0.25, 0.3) is 0 Å². The van der Waals surface area contributed by atoms with Gasteiger partial charge in [-0.05, 0) is 77.0 Å². The highest BCUT2D eigenvalue weighted by Crippen LogP contribution is 2.43. The molecule has 0 saturated heterocycles. The van der Waals surface area contributed by atoms with Gasteiger partial charge in [0, 0.05) is 12.8 Å². The van der Waals surface area contributed by atoms with Crippen molar-refractivity contribution >= 4 is 19.8 Å². The summed E-state index contributed by atoms with van der Waals surface area (Å²) >= 11 is 0. The van der Waals surface area contributed by atoms with E-state index in [0.29, 0.717) is 30.3 Å². The first-order chi connectivity index (χ1) is 29.4. The van der Waals surface area contributed by atoms with E-state index in [9.17, 15) is 24.2 Å². The molecule has 0 aliphatic rings. The fourth-order valence-electron chi connectivity index (χ4n) is 5.56. The molecule has 0 bridgehead atoms. The van der Waals surface area contributed by atoms with Gasteiger partial charge in [0.2, 0.25) is 0 Å². The number of aliphatic hydroxyl groups excluding tert-OH is 1. The summed E-state index contributed by atoms with van der Waals surface area (Å²) in [6, 6.07) is 0. The minimum Gasteiger partial charge on any atom is -0.462 e. The van der Waals surface area contributed by atoms with Crippen LogP contribution in [0.4, 0.5) is 0 Å². The maximum atomic E-state index is 12.7. The molecule has 2 N–H and O–H groups in total. The van der Waals surface area contributed by atoms with Crippen LogP contribution in [0.3, 0.4) is 0 Å². The predicted molar refractivity (Wildman–Crippen MR) is 253 cm³/mol. The van der Waals surface area contributed by atoms with Crippen molar-refractivity contribution in [3.05, 3.63) is 97.2 Å². The van der Waals surface area contributed by atoms with Crippen LogP contribution >= 0.6 is 7.82 Å². The van der Waals surface area contributed by atoms with Crippen LogP contribution < -0.4 is 0 Å². The van der Waals surface area contributed by atoms with Crippen molar-refractivity contribution in [2.24, 2.45) is 0 Å². The highest BCUT2D eigenvalue weighted by molar-refractivity contribution is 7.47. The van der Waals surface area contributed by atoms with E-state index >= 15 is 0 Å². The van der Waals surface area contributed by atoms with Crippen LogP contribution in [-0.4, -0.2) is 86.1 Å². The Morgan fingerprint density at radius 2 is 1.16 bits per heavy atom. The molecule has 0 aliphatic heterocycles. The number of likely N-dealkylation sites (N-methyl/N-ethyl adjacent to an activating group) is 1. The fourth-order valence-corrected chi connectivity index (χ4v) is 6.31. The van der Waals surface area contributed by atoms with Gasteiger partial charge in [0.25, 0.3) is 0 Å². The topological polar surface area (TPSA) is 129 Å². The lowest BCUT2D eigenvalue weighted by molar-refractivity contribution is -0.870. The van der Waals surface area contributed by atoms with E-state index in [0.717, 1.165) is 57.8 Å². The van der Waals surface area contributed by atoms with E-state index in [-0.39, 0.29) is 26.1 Å². The van der Waals surface area contributed by atoms with Gasteiger partial charge in [-0.1, -0.05) is 156 Å². The minimum absolute atomic E-state index is 0.00685. The average Bonchev–Trinajstić information content (AvgIpc) is 3.21. The van der Waals surface area contributed by atoms with Crippen molar-refractivity contribution in [2.45, 2.75) is 161 Å². The lowest BCUT2D eigenvalue weighted by atomic mass is 10.1. The first kappa shape index (κ1) is 57.9. The van der Waals surface area contributed by atoms with E-state index in [2.05, 4.69) is 68.5 Å². The monoisotopic (exact) mass is 875 g/mol. The molecule has 0 rings (SSSR count). The number of hydrogen-bond acceptors (Lipinski definition) is 8. The zero-order valence-corrected chi connectivity index (χ0v) is 39.6. The highest BCUT2D eigenvalue weighted by Gasteiger charge is 2.27. The third-order valence-corrected chi connectivity index (χ3v) is 10.2. The predicted octanol–water partition coefficient (Wildman–Crippen LogP) is 12.3. The lowest BCUT2D eigenvalue weighted by Gasteiger charge is -2.24. The molecule has 0 amide bonds. The van der Waals surface area contributed by atoms with Gasteiger partial charge in [-0.3, -0.25) is 18.6 Å². The third kappa shape index (κ3) is 44.7. The van der Waals surface area contributed by atoms with Crippen molar-refractivity contribution in [1.29, 1.82) is 0 Å². The molecule has 11 heteroatoms. The number of esters is 2. The molecule has 0 aromatic rings. The maximum absolute atomic E-state index is 12.7. The summed E-state index contributed by atoms with van der Waals surface area (Å²) in [5.41, 5.74) is 0. The van der Waals surface area contributed by atoms with Crippen LogP contribution in [0.2, 0.25) is 0 Å². The number of allylic oxidation sites excluding steroid dienone is 14. The Hall–Kier alpha value is -3.11. The zero-order valence-electron chi connectivity index (χ0n) is 38.7. The maximum Gasteiger partial charge on any atom is 0.472 e. The number of hydrogen-bond donors (Lipinski definition) is 2. The number of unbranched alkanes of at least 4 members (excludes halogenated alkanes) is 10. The summed E-state index contributed by atoms with van der Waals surface area (Å²) in [6.07, 6.45) is 50.8. The molecule has 0 aromatic carbocycles. The van der Waals surface area contributed by atoms with Gasteiger partial charge in [0.05, 0.1) is 33.9 Å². The summed E-state index contributed by atoms with van der Waals surface area (Å²) in [5, 5.41) is 9.85.